The second kappa shape index (κ2) is 5.39. The van der Waals surface area contributed by atoms with Crippen molar-refractivity contribution < 1.29 is 29.3 Å². The average Bonchev–Trinajstić information content (AvgIpc) is 3.22. The summed E-state index contributed by atoms with van der Waals surface area (Å²) < 4.78 is 10.7. The fourth-order valence-electron chi connectivity index (χ4n) is 3.93. The van der Waals surface area contributed by atoms with Crippen molar-refractivity contribution in [3.63, 3.8) is 0 Å². The molecule has 1 fully saturated rings. The fraction of sp³-hybridized carbons (Fsp3) is 0.444. The first-order chi connectivity index (χ1) is 11.9. The molecule has 4 rings (SSSR count). The molecule has 2 aliphatic heterocycles. The Kier molecular flexibility index (Phi) is 3.50. The third-order valence-electron chi connectivity index (χ3n) is 5.15. The Bertz CT molecular complexity index is 797. The van der Waals surface area contributed by atoms with E-state index in [2.05, 4.69) is 5.32 Å². The van der Waals surface area contributed by atoms with Crippen LogP contribution in [-0.4, -0.2) is 46.9 Å². The number of fused-ring (bicyclic) bond motifs is 3. The number of carbonyl (C=O) groups excluding carboxylic acids is 2. The molecule has 7 heteroatoms. The maximum Gasteiger partial charge on any atom is 0.339 e. The van der Waals surface area contributed by atoms with Gasteiger partial charge < -0.3 is 25.0 Å². The highest BCUT2D eigenvalue weighted by atomic mass is 16.6. The molecule has 0 saturated carbocycles. The van der Waals surface area contributed by atoms with E-state index in [1.807, 2.05) is 0 Å². The van der Waals surface area contributed by atoms with Crippen molar-refractivity contribution in [2.45, 2.75) is 37.2 Å². The van der Waals surface area contributed by atoms with Crippen LogP contribution in [0, 0.1) is 0 Å². The van der Waals surface area contributed by atoms with Gasteiger partial charge in [-0.05, 0) is 19.8 Å². The minimum atomic E-state index is -2.41. The highest BCUT2D eigenvalue weighted by Gasteiger charge is 2.70. The second-order valence-corrected chi connectivity index (χ2v) is 6.65. The molecule has 3 atom stereocenters. The molecule has 3 aliphatic rings. The summed E-state index contributed by atoms with van der Waals surface area (Å²) in [4.78, 5) is 25.4. The lowest BCUT2D eigenvalue weighted by molar-refractivity contribution is -0.149. The van der Waals surface area contributed by atoms with Crippen LogP contribution in [0.3, 0.4) is 0 Å². The molecule has 3 N–H and O–H groups in total. The largest absolute Gasteiger partial charge is 0.459 e. The van der Waals surface area contributed by atoms with Gasteiger partial charge in [0.1, 0.15) is 12.2 Å². The molecule has 2 heterocycles. The van der Waals surface area contributed by atoms with Gasteiger partial charge in [-0.1, -0.05) is 24.3 Å². The van der Waals surface area contributed by atoms with Gasteiger partial charge in [-0.2, -0.15) is 0 Å². The molecule has 1 aliphatic carbocycles. The Balaban J connectivity index is 1.67. The van der Waals surface area contributed by atoms with Gasteiger partial charge in [-0.25, -0.2) is 4.79 Å². The molecule has 1 aromatic carbocycles. The third-order valence-corrected chi connectivity index (χ3v) is 5.15. The minimum Gasteiger partial charge on any atom is -0.459 e. The number of benzene rings is 1. The number of aliphatic hydroxyl groups is 2. The van der Waals surface area contributed by atoms with E-state index >= 15 is 0 Å². The zero-order chi connectivity index (χ0) is 17.8. The summed E-state index contributed by atoms with van der Waals surface area (Å²) in [6.07, 6.45) is 1.52. The monoisotopic (exact) mass is 345 g/mol. The number of rotatable bonds is 3. The van der Waals surface area contributed by atoms with Crippen LogP contribution in [0.2, 0.25) is 0 Å². The molecule has 0 radical (unpaired) electrons. The van der Waals surface area contributed by atoms with Gasteiger partial charge in [0, 0.05) is 23.4 Å². The van der Waals surface area contributed by atoms with Crippen LogP contribution in [0.1, 0.15) is 35.7 Å². The molecule has 7 nitrogen and oxygen atoms in total. The SMILES string of the molecule is CC1=C(C(=O)OC[C@@H]2CCCO2)[C@@]2(O)C(=O)c3ccccc3[C@@]2(O)N1. The van der Waals surface area contributed by atoms with Crippen molar-refractivity contribution in [2.75, 3.05) is 13.2 Å². The normalized spacial score (nSPS) is 33.2. The van der Waals surface area contributed by atoms with E-state index in [0.29, 0.717) is 6.61 Å². The topological polar surface area (TPSA) is 105 Å². The van der Waals surface area contributed by atoms with Crippen LogP contribution in [0.5, 0.6) is 0 Å². The number of nitrogens with one attached hydrogen (secondary N) is 1. The van der Waals surface area contributed by atoms with Crippen molar-refractivity contribution in [3.05, 3.63) is 46.7 Å². The van der Waals surface area contributed by atoms with Gasteiger partial charge in [-0.15, -0.1) is 0 Å². The predicted molar refractivity (Wildman–Crippen MR) is 85.4 cm³/mol. The number of carbonyl (C=O) groups is 2. The van der Waals surface area contributed by atoms with Gasteiger partial charge >= 0.3 is 5.97 Å². The van der Waals surface area contributed by atoms with Crippen molar-refractivity contribution >= 4 is 11.8 Å². The maximum absolute atomic E-state index is 12.8. The van der Waals surface area contributed by atoms with Gasteiger partial charge in [-0.3, -0.25) is 4.79 Å². The van der Waals surface area contributed by atoms with Crippen LogP contribution < -0.4 is 5.32 Å². The molecule has 0 amide bonds. The van der Waals surface area contributed by atoms with Gasteiger partial charge in [0.15, 0.2) is 0 Å². The zero-order valence-electron chi connectivity index (χ0n) is 13.7. The first-order valence-electron chi connectivity index (χ1n) is 8.27. The molecular weight excluding hydrogens is 326 g/mol. The first kappa shape index (κ1) is 16.3. The van der Waals surface area contributed by atoms with Crippen LogP contribution >= 0.6 is 0 Å². The molecule has 1 aromatic rings. The summed E-state index contributed by atoms with van der Waals surface area (Å²) in [5.41, 5.74) is -4.11. The Hall–Kier alpha value is -2.22. The number of ketones is 1. The lowest BCUT2D eigenvalue weighted by atomic mass is 9.85. The number of esters is 1. The maximum atomic E-state index is 12.8. The Morgan fingerprint density at radius 3 is 2.88 bits per heavy atom. The summed E-state index contributed by atoms with van der Waals surface area (Å²) in [6, 6.07) is 6.35. The van der Waals surface area contributed by atoms with Gasteiger partial charge in [0.2, 0.25) is 17.1 Å². The standard InChI is InChI=1S/C18H19NO6/c1-10-14(16(21)25-9-11-5-4-8-24-11)17(22)15(20)12-6-2-3-7-13(12)18(17,23)19-10/h2-3,6-7,11,19,22-23H,4-5,8-9H2,1H3/t11-,17+,18-/m0/s1. The number of ether oxygens (including phenoxy) is 2. The minimum absolute atomic E-state index is 0.0469. The summed E-state index contributed by atoms with van der Waals surface area (Å²) in [6.45, 7) is 2.20. The molecule has 25 heavy (non-hydrogen) atoms. The number of allylic oxidation sites excluding steroid dienone is 1. The lowest BCUT2D eigenvalue weighted by Gasteiger charge is -2.32. The highest BCUT2D eigenvalue weighted by Crippen LogP contribution is 2.51. The van der Waals surface area contributed by atoms with E-state index < -0.39 is 23.1 Å². The Morgan fingerprint density at radius 2 is 2.16 bits per heavy atom. The van der Waals surface area contributed by atoms with E-state index in [-0.39, 0.29) is 35.1 Å². The molecule has 0 aromatic heterocycles. The van der Waals surface area contributed by atoms with E-state index in [1.54, 1.807) is 18.2 Å². The van der Waals surface area contributed by atoms with Crippen LogP contribution in [0.15, 0.2) is 35.5 Å². The fourth-order valence-corrected chi connectivity index (χ4v) is 3.93. The Labute approximate surface area is 144 Å². The lowest BCUT2D eigenvalue weighted by Crippen LogP contribution is -2.56. The number of hydrogen-bond donors (Lipinski definition) is 3. The third kappa shape index (κ3) is 2.03. The van der Waals surface area contributed by atoms with Crippen molar-refractivity contribution in [2.24, 2.45) is 0 Å². The van der Waals surface area contributed by atoms with Gasteiger partial charge in [0.05, 0.1) is 6.10 Å². The zero-order valence-corrected chi connectivity index (χ0v) is 13.7. The molecule has 0 spiro atoms. The predicted octanol–water partition coefficient (Wildman–Crippen LogP) is 0.358. The summed E-state index contributed by atoms with van der Waals surface area (Å²) in [5.74, 6) is -1.56. The highest BCUT2D eigenvalue weighted by molar-refractivity contribution is 6.16. The van der Waals surface area contributed by atoms with Crippen molar-refractivity contribution in [3.8, 4) is 0 Å². The summed E-state index contributed by atoms with van der Waals surface area (Å²) in [7, 11) is 0. The molecule has 0 bridgehead atoms. The number of hydrogen-bond acceptors (Lipinski definition) is 7. The molecule has 0 unspecified atom stereocenters. The Morgan fingerprint density at radius 1 is 1.40 bits per heavy atom. The van der Waals surface area contributed by atoms with E-state index in [0.717, 1.165) is 12.8 Å². The van der Waals surface area contributed by atoms with E-state index in [9.17, 15) is 19.8 Å². The summed E-state index contributed by atoms with van der Waals surface area (Å²) >= 11 is 0. The quantitative estimate of drug-likeness (QED) is 0.679. The van der Waals surface area contributed by atoms with Crippen LogP contribution in [0.4, 0.5) is 0 Å². The number of Topliss-reactive ketones (excluding diaryl/α,β-unsaturated/α-hetero) is 1. The van der Waals surface area contributed by atoms with Crippen LogP contribution in [0.25, 0.3) is 0 Å². The molecular formula is C18H19NO6. The first-order valence-corrected chi connectivity index (χ1v) is 8.27. The van der Waals surface area contributed by atoms with Crippen molar-refractivity contribution in [1.29, 1.82) is 0 Å². The van der Waals surface area contributed by atoms with Crippen molar-refractivity contribution in [1.82, 2.24) is 5.32 Å². The average molecular weight is 345 g/mol. The van der Waals surface area contributed by atoms with E-state index in [4.69, 9.17) is 9.47 Å². The summed E-state index contributed by atoms with van der Waals surface area (Å²) in [5, 5.41) is 24.9. The molecule has 1 saturated heterocycles. The van der Waals surface area contributed by atoms with Gasteiger partial charge in [0.25, 0.3) is 0 Å². The smallest absolute Gasteiger partial charge is 0.339 e. The van der Waals surface area contributed by atoms with Crippen LogP contribution in [-0.2, 0) is 20.0 Å². The molecule has 132 valence electrons. The van der Waals surface area contributed by atoms with E-state index in [1.165, 1.54) is 13.0 Å². The second-order valence-electron chi connectivity index (χ2n) is 6.65.